The van der Waals surface area contributed by atoms with Gasteiger partial charge in [0.25, 0.3) is 0 Å². The maximum Gasteiger partial charge on any atom is 0.199 e. The van der Waals surface area contributed by atoms with Crippen molar-refractivity contribution < 1.29 is 8.81 Å². The minimum Gasteiger partial charge on any atom is -0.444 e. The van der Waals surface area contributed by atoms with E-state index in [9.17, 15) is 4.39 Å². The average molecular weight is 304 g/mol. The highest BCUT2D eigenvalue weighted by Crippen LogP contribution is 2.29. The van der Waals surface area contributed by atoms with Crippen LogP contribution in [-0.2, 0) is 13.0 Å². The number of rotatable bonds is 5. The van der Waals surface area contributed by atoms with Crippen LogP contribution in [-0.4, -0.2) is 6.54 Å². The summed E-state index contributed by atoms with van der Waals surface area (Å²) in [4.78, 5) is 0. The van der Waals surface area contributed by atoms with Crippen molar-refractivity contribution in [3.8, 4) is 0 Å². The Bertz CT molecular complexity index is 736. The zero-order valence-electron chi connectivity index (χ0n) is 11.4. The fraction of sp³-hybridized carbons (Fsp3) is 0.176. The monoisotopic (exact) mass is 303 g/mol. The Labute approximate surface area is 127 Å². The molecule has 0 aliphatic heterocycles. The van der Waals surface area contributed by atoms with Crippen LogP contribution in [0, 0.1) is 5.82 Å². The van der Waals surface area contributed by atoms with Crippen LogP contribution in [0.15, 0.2) is 52.9 Å². The molecule has 0 radical (unpaired) electrons. The molecule has 0 saturated heterocycles. The first-order chi connectivity index (χ1) is 10.2. The molecule has 2 nitrogen and oxygen atoms in total. The molecule has 4 heteroatoms. The van der Waals surface area contributed by atoms with Gasteiger partial charge < -0.3 is 9.73 Å². The predicted molar refractivity (Wildman–Crippen MR) is 83.0 cm³/mol. The van der Waals surface area contributed by atoms with Gasteiger partial charge in [0.1, 0.15) is 11.4 Å². The van der Waals surface area contributed by atoms with Gasteiger partial charge >= 0.3 is 0 Å². The Morgan fingerprint density at radius 2 is 1.81 bits per heavy atom. The van der Waals surface area contributed by atoms with Crippen molar-refractivity contribution in [3.05, 3.63) is 70.7 Å². The Hall–Kier alpha value is -1.84. The summed E-state index contributed by atoms with van der Waals surface area (Å²) in [5.74, 6) is -0.205. The summed E-state index contributed by atoms with van der Waals surface area (Å²) in [6, 6.07) is 14.4. The van der Waals surface area contributed by atoms with Gasteiger partial charge in [0.05, 0.1) is 0 Å². The summed E-state index contributed by atoms with van der Waals surface area (Å²) in [6.45, 7) is 1.44. The van der Waals surface area contributed by atoms with Crippen molar-refractivity contribution in [3.63, 3.8) is 0 Å². The molecule has 0 atom stereocenters. The fourth-order valence-corrected chi connectivity index (χ4v) is 2.58. The minimum atomic E-state index is -0.205. The summed E-state index contributed by atoms with van der Waals surface area (Å²) in [6.07, 6.45) is 0.841. The minimum absolute atomic E-state index is 0.205. The van der Waals surface area contributed by atoms with Gasteiger partial charge in [0.2, 0.25) is 0 Å². The number of para-hydroxylation sites is 1. The lowest BCUT2D eigenvalue weighted by atomic mass is 10.1. The van der Waals surface area contributed by atoms with Gasteiger partial charge in [-0.3, -0.25) is 0 Å². The first kappa shape index (κ1) is 14.1. The van der Waals surface area contributed by atoms with Gasteiger partial charge in [-0.25, -0.2) is 4.39 Å². The molecule has 0 unspecified atom stereocenters. The van der Waals surface area contributed by atoms with E-state index >= 15 is 0 Å². The van der Waals surface area contributed by atoms with E-state index in [4.69, 9.17) is 16.0 Å². The van der Waals surface area contributed by atoms with Crippen LogP contribution in [0.3, 0.4) is 0 Å². The standard InChI is InChI=1S/C17H15ClFNO/c18-17-15(14-3-1-2-4-16(14)21-17)11-20-10-9-12-5-7-13(19)8-6-12/h1-8,20H,9-11H2. The van der Waals surface area contributed by atoms with Gasteiger partial charge in [-0.15, -0.1) is 0 Å². The highest BCUT2D eigenvalue weighted by molar-refractivity contribution is 6.30. The zero-order chi connectivity index (χ0) is 14.7. The van der Waals surface area contributed by atoms with E-state index in [-0.39, 0.29) is 5.82 Å². The quantitative estimate of drug-likeness (QED) is 0.699. The molecule has 3 aromatic rings. The molecule has 108 valence electrons. The number of furan rings is 1. The largest absolute Gasteiger partial charge is 0.444 e. The highest BCUT2D eigenvalue weighted by Gasteiger charge is 2.11. The normalized spacial score (nSPS) is 11.1. The van der Waals surface area contributed by atoms with E-state index in [2.05, 4.69) is 5.32 Å². The molecule has 1 heterocycles. The maximum absolute atomic E-state index is 12.8. The van der Waals surface area contributed by atoms with Crippen molar-refractivity contribution in [1.82, 2.24) is 5.32 Å². The van der Waals surface area contributed by atoms with E-state index in [0.29, 0.717) is 11.8 Å². The lowest BCUT2D eigenvalue weighted by Crippen LogP contribution is -2.16. The summed E-state index contributed by atoms with van der Waals surface area (Å²) >= 11 is 6.13. The molecule has 0 saturated carbocycles. The van der Waals surface area contributed by atoms with E-state index in [1.807, 2.05) is 24.3 Å². The summed E-state index contributed by atoms with van der Waals surface area (Å²) in [7, 11) is 0. The van der Waals surface area contributed by atoms with Crippen molar-refractivity contribution in [2.24, 2.45) is 0 Å². The molecule has 0 aliphatic carbocycles. The summed E-state index contributed by atoms with van der Waals surface area (Å²) < 4.78 is 18.3. The van der Waals surface area contributed by atoms with E-state index in [1.54, 1.807) is 12.1 Å². The molecule has 0 aliphatic rings. The molecule has 21 heavy (non-hydrogen) atoms. The molecule has 0 bridgehead atoms. The van der Waals surface area contributed by atoms with Crippen LogP contribution >= 0.6 is 11.6 Å². The van der Waals surface area contributed by atoms with Crippen molar-refractivity contribution in [2.45, 2.75) is 13.0 Å². The average Bonchev–Trinajstić information content (AvgIpc) is 2.81. The fourth-order valence-electron chi connectivity index (χ4n) is 2.33. The molecule has 3 rings (SSSR count). The molecule has 1 N–H and O–H groups in total. The van der Waals surface area contributed by atoms with Crippen LogP contribution in [0.1, 0.15) is 11.1 Å². The Kier molecular flexibility index (Phi) is 4.23. The second-order valence-electron chi connectivity index (χ2n) is 4.90. The second-order valence-corrected chi connectivity index (χ2v) is 5.25. The first-order valence-corrected chi connectivity index (χ1v) is 7.23. The van der Waals surface area contributed by atoms with E-state index in [0.717, 1.165) is 35.1 Å². The maximum atomic E-state index is 12.8. The first-order valence-electron chi connectivity index (χ1n) is 6.85. The third-order valence-corrected chi connectivity index (χ3v) is 3.76. The van der Waals surface area contributed by atoms with Gasteiger partial charge in [-0.05, 0) is 48.3 Å². The molecule has 2 aromatic carbocycles. The Morgan fingerprint density at radius 3 is 2.62 bits per heavy atom. The van der Waals surface area contributed by atoms with Crippen LogP contribution in [0.2, 0.25) is 5.22 Å². The number of nitrogens with one attached hydrogen (secondary N) is 1. The molecular formula is C17H15ClFNO. The lowest BCUT2D eigenvalue weighted by Gasteiger charge is -2.04. The summed E-state index contributed by atoms with van der Waals surface area (Å²) in [5, 5.41) is 4.82. The van der Waals surface area contributed by atoms with Crippen LogP contribution in [0.25, 0.3) is 11.0 Å². The Balaban J connectivity index is 1.59. The SMILES string of the molecule is Fc1ccc(CCNCc2c(Cl)oc3ccccc23)cc1. The molecule has 0 amide bonds. The highest BCUT2D eigenvalue weighted by atomic mass is 35.5. The van der Waals surface area contributed by atoms with Gasteiger partial charge in [0.15, 0.2) is 5.22 Å². The zero-order valence-corrected chi connectivity index (χ0v) is 12.2. The number of hydrogen-bond donors (Lipinski definition) is 1. The third-order valence-electron chi connectivity index (χ3n) is 3.45. The number of benzene rings is 2. The molecule has 0 fully saturated rings. The van der Waals surface area contributed by atoms with Crippen LogP contribution in [0.5, 0.6) is 0 Å². The topological polar surface area (TPSA) is 25.2 Å². The van der Waals surface area contributed by atoms with Crippen molar-refractivity contribution >= 4 is 22.6 Å². The third kappa shape index (κ3) is 3.26. The van der Waals surface area contributed by atoms with Crippen LogP contribution < -0.4 is 5.32 Å². The van der Waals surface area contributed by atoms with Crippen molar-refractivity contribution in [1.29, 1.82) is 0 Å². The molecule has 1 aromatic heterocycles. The lowest BCUT2D eigenvalue weighted by molar-refractivity contribution is 0.604. The van der Waals surface area contributed by atoms with Gasteiger partial charge in [-0.1, -0.05) is 30.3 Å². The number of hydrogen-bond acceptors (Lipinski definition) is 2. The second kappa shape index (κ2) is 6.29. The molecule has 0 spiro atoms. The van der Waals surface area contributed by atoms with E-state index in [1.165, 1.54) is 12.1 Å². The smallest absolute Gasteiger partial charge is 0.199 e. The van der Waals surface area contributed by atoms with E-state index < -0.39 is 0 Å². The van der Waals surface area contributed by atoms with Crippen LogP contribution in [0.4, 0.5) is 4.39 Å². The van der Waals surface area contributed by atoms with Gasteiger partial charge in [-0.2, -0.15) is 0 Å². The molecular weight excluding hydrogens is 289 g/mol. The number of fused-ring (bicyclic) bond motifs is 1. The van der Waals surface area contributed by atoms with Crippen molar-refractivity contribution in [2.75, 3.05) is 6.54 Å². The summed E-state index contributed by atoms with van der Waals surface area (Å²) in [5.41, 5.74) is 2.89. The predicted octanol–water partition coefficient (Wildman–Crippen LogP) is 4.56. The Morgan fingerprint density at radius 1 is 1.05 bits per heavy atom. The number of halogens is 2. The van der Waals surface area contributed by atoms with Gasteiger partial charge in [0, 0.05) is 17.5 Å².